The van der Waals surface area contributed by atoms with Crippen LogP contribution in [-0.4, -0.2) is 21.1 Å². The highest BCUT2D eigenvalue weighted by molar-refractivity contribution is 14.1. The van der Waals surface area contributed by atoms with Crippen LogP contribution in [0.4, 0.5) is 0 Å². The number of aromatic nitrogens is 3. The number of nitrogens with zero attached hydrogens (tertiary/aromatic N) is 2. The zero-order chi connectivity index (χ0) is 17.4. The molecule has 0 saturated carbocycles. The highest BCUT2D eigenvalue weighted by Gasteiger charge is 2.18. The molecule has 0 aliphatic carbocycles. The quantitative estimate of drug-likeness (QED) is 0.349. The molecule has 0 saturated heterocycles. The third-order valence-electron chi connectivity index (χ3n) is 4.76. The molecule has 0 atom stereocenters. The molecule has 3 N–H and O–H groups in total. The summed E-state index contributed by atoms with van der Waals surface area (Å²) in [5, 5.41) is 1.30. The van der Waals surface area contributed by atoms with Gasteiger partial charge in [-0.1, -0.05) is 12.1 Å². The number of nitrogens with two attached hydrogens (primary N) is 1. The molecule has 4 nitrogen and oxygen atoms in total. The van der Waals surface area contributed by atoms with Crippen molar-refractivity contribution in [1.29, 1.82) is 0 Å². The number of halogens is 1. The van der Waals surface area contributed by atoms with E-state index in [-0.39, 0.29) is 0 Å². The molecular formula is C20H21IN4. The molecule has 0 radical (unpaired) electrons. The summed E-state index contributed by atoms with van der Waals surface area (Å²) in [4.78, 5) is 8.51. The van der Waals surface area contributed by atoms with Crippen LogP contribution < -0.4 is 5.73 Å². The first-order valence-corrected chi connectivity index (χ1v) is 9.69. The van der Waals surface area contributed by atoms with Gasteiger partial charge in [-0.25, -0.2) is 4.98 Å². The van der Waals surface area contributed by atoms with Crippen molar-refractivity contribution in [3.8, 4) is 11.5 Å². The number of unbranched alkanes of at least 4 members (excludes halogenated alkanes) is 1. The molecule has 0 spiro atoms. The predicted molar refractivity (Wildman–Crippen MR) is 113 cm³/mol. The van der Waals surface area contributed by atoms with Crippen LogP contribution in [-0.2, 0) is 13.5 Å². The summed E-state index contributed by atoms with van der Waals surface area (Å²) in [6.45, 7) is 0.738. The maximum Gasteiger partial charge on any atom is 0.157 e. The summed E-state index contributed by atoms with van der Waals surface area (Å²) in [6.07, 6.45) is 3.14. The first-order valence-electron chi connectivity index (χ1n) is 8.61. The van der Waals surface area contributed by atoms with Crippen LogP contribution in [0.1, 0.15) is 18.4 Å². The summed E-state index contributed by atoms with van der Waals surface area (Å²) in [5.41, 5.74) is 11.5. The van der Waals surface area contributed by atoms with Crippen molar-refractivity contribution in [3.05, 3.63) is 51.6 Å². The predicted octanol–water partition coefficient (Wildman–Crippen LogP) is 4.61. The first kappa shape index (κ1) is 16.6. The number of hydrogen-bond acceptors (Lipinski definition) is 2. The largest absolute Gasteiger partial charge is 0.352 e. The lowest BCUT2D eigenvalue weighted by atomic mass is 10.0. The van der Waals surface area contributed by atoms with Gasteiger partial charge in [-0.05, 0) is 84.3 Å². The minimum Gasteiger partial charge on any atom is -0.352 e. The topological polar surface area (TPSA) is 59.6 Å². The molecule has 0 amide bonds. The van der Waals surface area contributed by atoms with E-state index in [0.29, 0.717) is 0 Å². The summed E-state index contributed by atoms with van der Waals surface area (Å²) in [7, 11) is 2.09. The van der Waals surface area contributed by atoms with E-state index in [1.165, 1.54) is 20.0 Å². The molecule has 0 aliphatic rings. The smallest absolute Gasteiger partial charge is 0.157 e. The minimum absolute atomic E-state index is 0.738. The SMILES string of the molecule is Cn1c(-c2[nH]c3ccc(I)cc3c2CCCCN)nc2ccccc21. The number of aromatic amines is 1. The van der Waals surface area contributed by atoms with Crippen LogP contribution in [0.5, 0.6) is 0 Å². The van der Waals surface area contributed by atoms with Gasteiger partial charge in [0.2, 0.25) is 0 Å². The van der Waals surface area contributed by atoms with Gasteiger partial charge in [0.05, 0.1) is 16.7 Å². The van der Waals surface area contributed by atoms with Gasteiger partial charge in [0.1, 0.15) is 0 Å². The van der Waals surface area contributed by atoms with Gasteiger partial charge in [0.15, 0.2) is 5.82 Å². The van der Waals surface area contributed by atoms with E-state index < -0.39 is 0 Å². The molecule has 4 aromatic rings. The average Bonchev–Trinajstić information content (AvgIpc) is 3.13. The van der Waals surface area contributed by atoms with Crippen LogP contribution in [0, 0.1) is 3.57 Å². The molecule has 0 bridgehead atoms. The van der Waals surface area contributed by atoms with Crippen molar-refractivity contribution in [2.24, 2.45) is 12.8 Å². The van der Waals surface area contributed by atoms with E-state index >= 15 is 0 Å². The number of nitrogens with one attached hydrogen (secondary N) is 1. The molecule has 2 aromatic carbocycles. The number of hydrogen-bond donors (Lipinski definition) is 2. The second kappa shape index (κ2) is 6.80. The maximum atomic E-state index is 5.70. The number of H-pyrrole nitrogens is 1. The Morgan fingerprint density at radius 1 is 1.16 bits per heavy atom. The van der Waals surface area contributed by atoms with E-state index in [0.717, 1.165) is 48.4 Å². The molecule has 0 unspecified atom stereocenters. The van der Waals surface area contributed by atoms with Gasteiger partial charge in [0, 0.05) is 21.5 Å². The summed E-state index contributed by atoms with van der Waals surface area (Å²) in [6, 6.07) is 14.8. The van der Waals surface area contributed by atoms with Gasteiger partial charge in [0.25, 0.3) is 0 Å². The summed E-state index contributed by atoms with van der Waals surface area (Å²) < 4.78 is 3.43. The minimum atomic E-state index is 0.738. The van der Waals surface area contributed by atoms with Crippen molar-refractivity contribution >= 4 is 44.5 Å². The maximum absolute atomic E-state index is 5.70. The highest BCUT2D eigenvalue weighted by atomic mass is 127. The Hall–Kier alpha value is -1.86. The zero-order valence-corrected chi connectivity index (χ0v) is 16.4. The Morgan fingerprint density at radius 3 is 2.80 bits per heavy atom. The van der Waals surface area contributed by atoms with Crippen LogP contribution in [0.3, 0.4) is 0 Å². The second-order valence-corrected chi connectivity index (χ2v) is 7.64. The van der Waals surface area contributed by atoms with Gasteiger partial charge in [-0.2, -0.15) is 0 Å². The Kier molecular flexibility index (Phi) is 4.52. The first-order chi connectivity index (χ1) is 12.2. The average molecular weight is 444 g/mol. The number of para-hydroxylation sites is 2. The fourth-order valence-corrected chi connectivity index (χ4v) is 3.98. The standard InChI is InChI=1S/C20H21IN4/c1-25-18-8-3-2-7-17(18)24-20(25)19-14(6-4-5-11-22)15-12-13(21)9-10-16(15)23-19/h2-3,7-10,12,23H,4-6,11,22H2,1H3. The van der Waals surface area contributed by atoms with Crippen LogP contribution >= 0.6 is 22.6 Å². The third kappa shape index (κ3) is 2.95. The number of fused-ring (bicyclic) bond motifs is 2. The van der Waals surface area contributed by atoms with Crippen LogP contribution in [0.15, 0.2) is 42.5 Å². The molecule has 4 rings (SSSR count). The molecule has 2 aromatic heterocycles. The lowest BCUT2D eigenvalue weighted by Crippen LogP contribution is -2.00. The molecule has 0 fully saturated rings. The number of imidazole rings is 1. The van der Waals surface area contributed by atoms with Crippen molar-refractivity contribution in [3.63, 3.8) is 0 Å². The van der Waals surface area contributed by atoms with Gasteiger partial charge in [-0.15, -0.1) is 0 Å². The third-order valence-corrected chi connectivity index (χ3v) is 5.43. The lowest BCUT2D eigenvalue weighted by molar-refractivity contribution is 0.747. The van der Waals surface area contributed by atoms with Crippen LogP contribution in [0.2, 0.25) is 0 Å². The molecule has 128 valence electrons. The Morgan fingerprint density at radius 2 is 2.00 bits per heavy atom. The van der Waals surface area contributed by atoms with Crippen molar-refractivity contribution in [1.82, 2.24) is 14.5 Å². The lowest BCUT2D eigenvalue weighted by Gasteiger charge is -2.06. The van der Waals surface area contributed by atoms with Crippen molar-refractivity contribution in [2.75, 3.05) is 6.54 Å². The summed E-state index contributed by atoms with van der Waals surface area (Å²) >= 11 is 2.38. The molecular weight excluding hydrogens is 423 g/mol. The number of rotatable bonds is 5. The van der Waals surface area contributed by atoms with E-state index in [1.54, 1.807) is 0 Å². The Balaban J connectivity index is 1.92. The molecule has 5 heteroatoms. The highest BCUT2D eigenvalue weighted by Crippen LogP contribution is 2.33. The Labute approximate surface area is 160 Å². The van der Waals surface area contributed by atoms with E-state index in [2.05, 4.69) is 75.6 Å². The van der Waals surface area contributed by atoms with E-state index in [4.69, 9.17) is 10.7 Å². The van der Waals surface area contributed by atoms with Gasteiger partial charge >= 0.3 is 0 Å². The van der Waals surface area contributed by atoms with Gasteiger partial charge < -0.3 is 15.3 Å². The molecule has 25 heavy (non-hydrogen) atoms. The fraction of sp³-hybridized carbons (Fsp3) is 0.250. The fourth-order valence-electron chi connectivity index (χ4n) is 3.49. The summed E-state index contributed by atoms with van der Waals surface area (Å²) in [5.74, 6) is 0.996. The second-order valence-electron chi connectivity index (χ2n) is 6.40. The van der Waals surface area contributed by atoms with Crippen molar-refractivity contribution < 1.29 is 0 Å². The zero-order valence-electron chi connectivity index (χ0n) is 14.2. The number of aryl methyl sites for hydroxylation is 2. The van der Waals surface area contributed by atoms with Crippen LogP contribution in [0.25, 0.3) is 33.5 Å². The number of benzene rings is 2. The normalized spacial score (nSPS) is 11.6. The Bertz CT molecular complexity index is 1040. The van der Waals surface area contributed by atoms with Crippen molar-refractivity contribution in [2.45, 2.75) is 19.3 Å². The monoisotopic (exact) mass is 444 g/mol. The molecule has 2 heterocycles. The molecule has 0 aliphatic heterocycles. The van der Waals surface area contributed by atoms with E-state index in [9.17, 15) is 0 Å². The van der Waals surface area contributed by atoms with Gasteiger partial charge in [-0.3, -0.25) is 0 Å². The van der Waals surface area contributed by atoms with E-state index in [1.807, 2.05) is 6.07 Å².